The van der Waals surface area contributed by atoms with Crippen LogP contribution in [0.15, 0.2) is 23.8 Å². The van der Waals surface area contributed by atoms with Gasteiger partial charge in [0.25, 0.3) is 13.0 Å². The lowest BCUT2D eigenvalue weighted by atomic mass is 10.0. The minimum Gasteiger partial charge on any atom is -0.387 e. The van der Waals surface area contributed by atoms with Gasteiger partial charge in [0.15, 0.2) is 35.1 Å². The number of aliphatic hydroxyl groups is 1. The summed E-state index contributed by atoms with van der Waals surface area (Å²) in [6.07, 6.45) is -5.44. The zero-order valence-corrected chi connectivity index (χ0v) is 25.3. The second-order valence-corrected chi connectivity index (χ2v) is 14.1. The first-order chi connectivity index (χ1) is 21.8. The van der Waals surface area contributed by atoms with E-state index in [1.54, 1.807) is 6.92 Å². The summed E-state index contributed by atoms with van der Waals surface area (Å²) in [6, 6.07) is 0. The van der Waals surface area contributed by atoms with Crippen LogP contribution in [0.1, 0.15) is 18.3 Å². The summed E-state index contributed by atoms with van der Waals surface area (Å²) >= 11 is 0. The third-order valence-corrected chi connectivity index (χ3v) is 10.2. The van der Waals surface area contributed by atoms with E-state index in [0.29, 0.717) is 0 Å². The van der Waals surface area contributed by atoms with Crippen molar-refractivity contribution in [2.45, 2.75) is 55.5 Å². The molecule has 9 unspecified atom stereocenters. The first-order valence-electron chi connectivity index (χ1n) is 13.7. The van der Waals surface area contributed by atoms with Crippen LogP contribution in [0.2, 0.25) is 0 Å². The van der Waals surface area contributed by atoms with Gasteiger partial charge in [-0.05, 0) is 6.92 Å². The number of aromatic nitrogens is 8. The van der Waals surface area contributed by atoms with Gasteiger partial charge in [-0.2, -0.15) is 0 Å². The van der Waals surface area contributed by atoms with Gasteiger partial charge in [-0.25, -0.2) is 29.5 Å². The van der Waals surface area contributed by atoms with Crippen LogP contribution in [-0.4, -0.2) is 113 Å². The van der Waals surface area contributed by atoms with E-state index in [1.807, 2.05) is 0 Å². The van der Waals surface area contributed by atoms with Gasteiger partial charge in [0.05, 0.1) is 32.5 Å². The third-order valence-electron chi connectivity index (χ3n) is 8.18. The topological polar surface area (TPSA) is 272 Å². The summed E-state index contributed by atoms with van der Waals surface area (Å²) in [5.74, 6) is 0.366. The number of H-pyrrole nitrogens is 1. The molecule has 4 aliphatic rings. The Balaban J connectivity index is 1.14. The second-order valence-electron chi connectivity index (χ2n) is 11.1. The van der Waals surface area contributed by atoms with Crippen molar-refractivity contribution >= 4 is 51.0 Å². The Bertz CT molecular complexity index is 2030. The Morgan fingerprint density at radius 3 is 2.61 bits per heavy atom. The number of phosphoric acid groups is 1. The lowest BCUT2D eigenvalue weighted by Gasteiger charge is -2.33. The van der Waals surface area contributed by atoms with Gasteiger partial charge in [-0.1, -0.05) is 0 Å². The van der Waals surface area contributed by atoms with E-state index >= 15 is 0 Å². The van der Waals surface area contributed by atoms with Crippen molar-refractivity contribution in [1.29, 1.82) is 0 Å². The molecule has 2 radical (unpaired) electrons. The average Bonchev–Trinajstić information content (AvgIpc) is 3.80. The third kappa shape index (κ3) is 4.76. The molecule has 8 rings (SSSR count). The Kier molecular flexibility index (Phi) is 6.85. The summed E-state index contributed by atoms with van der Waals surface area (Å²) in [5, 5.41) is 11.2. The number of aromatic amines is 1. The number of hydrogen-bond donors (Lipinski definition) is 4. The number of phosphoric ester groups is 1. The minimum atomic E-state index is -4.94. The first-order valence-corrected chi connectivity index (χ1v) is 16.8. The number of rotatable bonds is 2. The van der Waals surface area contributed by atoms with Crippen LogP contribution in [0, 0.1) is 6.92 Å². The molecule has 0 amide bonds. The zero-order valence-electron chi connectivity index (χ0n) is 23.6. The number of nitrogens with two attached hydrogens (primary N) is 1. The number of aliphatic hydroxyl groups excluding tert-OH is 1. The first kappa shape index (κ1) is 30.2. The largest absolute Gasteiger partial charge is 0.472 e. The minimum absolute atomic E-state index is 0.0503. The number of nitrogens with one attached hydrogen (secondary N) is 1. The Labute approximate surface area is 257 Å². The number of ether oxygens (including phenoxy) is 3. The summed E-state index contributed by atoms with van der Waals surface area (Å²) in [6.45, 7) is -0.00327. The molecule has 10 atom stereocenters. The van der Waals surface area contributed by atoms with Gasteiger partial charge in [0.2, 0.25) is 7.57 Å². The number of imidazole rings is 2. The molecule has 24 heteroatoms. The lowest BCUT2D eigenvalue weighted by molar-refractivity contribution is -0.183. The van der Waals surface area contributed by atoms with Crippen LogP contribution in [0.25, 0.3) is 22.3 Å². The summed E-state index contributed by atoms with van der Waals surface area (Å²) in [7, 11) is -3.49. The van der Waals surface area contributed by atoms with E-state index in [1.165, 1.54) is 28.1 Å². The second kappa shape index (κ2) is 10.4. The predicted octanol–water partition coefficient (Wildman–Crippen LogP) is -1.03. The zero-order chi connectivity index (χ0) is 32.2. The molecule has 4 saturated heterocycles. The van der Waals surface area contributed by atoms with Gasteiger partial charge < -0.3 is 44.0 Å². The molecule has 4 aromatic heterocycles. The van der Waals surface area contributed by atoms with Crippen molar-refractivity contribution in [1.82, 2.24) is 39.0 Å². The average molecular weight is 679 g/mol. The molecule has 4 fully saturated rings. The highest BCUT2D eigenvalue weighted by Crippen LogP contribution is 2.58. The van der Waals surface area contributed by atoms with Crippen molar-refractivity contribution < 1.29 is 51.4 Å². The molecule has 0 spiro atoms. The van der Waals surface area contributed by atoms with Gasteiger partial charge in [-0.3, -0.25) is 27.5 Å². The normalized spacial score (nSPS) is 39.7. The molecule has 46 heavy (non-hydrogen) atoms. The number of nitrogens with zero attached hydrogens (tertiary/aromatic N) is 7. The molecule has 21 nitrogen and oxygen atoms in total. The smallest absolute Gasteiger partial charge is 0.387 e. The van der Waals surface area contributed by atoms with Crippen molar-refractivity contribution in [2.75, 3.05) is 25.6 Å². The number of fused-ring (bicyclic) bond motifs is 4. The molecular weight excluding hydrogens is 655 g/mol. The standard InChI is InChI=1S/C22H24BN9O12P2/c1-8-29-18-11(19(34)30-8)28-7-32(18)20-13-12(33)9(41-20)2-39-46(36,37)44-15-14-21(31-6-27-10-16(24)25-5-26-17(10)31)42-22(15,3-38-14)4-40-45(23,35)43-13/h5-7,9,12-15,20-21,33H,2-4H2,1H3,(H,36,37)(H2,24,25,26)(H,29,30,34)/t9?,12?,13?,14?,15?,20?,21?,22?,45-/m1/s1. The molecule has 0 saturated carbocycles. The molecule has 4 aromatic rings. The fourth-order valence-electron chi connectivity index (χ4n) is 6.09. The van der Waals surface area contributed by atoms with Crippen LogP contribution in [0.3, 0.4) is 0 Å². The van der Waals surface area contributed by atoms with Crippen LogP contribution in [0.5, 0.6) is 0 Å². The Morgan fingerprint density at radius 1 is 1.04 bits per heavy atom. The van der Waals surface area contributed by atoms with Gasteiger partial charge >= 0.3 is 7.82 Å². The highest BCUT2D eigenvalue weighted by atomic mass is 31.2. The van der Waals surface area contributed by atoms with E-state index in [2.05, 4.69) is 29.9 Å². The predicted molar refractivity (Wildman–Crippen MR) is 150 cm³/mol. The van der Waals surface area contributed by atoms with Gasteiger partial charge in [0, 0.05) is 0 Å². The van der Waals surface area contributed by atoms with E-state index in [-0.39, 0.29) is 40.6 Å². The van der Waals surface area contributed by atoms with E-state index in [0.717, 1.165) is 0 Å². The number of anilines is 1. The van der Waals surface area contributed by atoms with Crippen molar-refractivity contribution in [3.05, 3.63) is 35.2 Å². The fraction of sp³-hybridized carbons (Fsp3) is 0.545. The number of hydrogen-bond acceptors (Lipinski definition) is 17. The summed E-state index contributed by atoms with van der Waals surface area (Å²) < 4.78 is 70.0. The number of nitrogen functional groups attached to an aromatic ring is 1. The molecule has 0 aromatic carbocycles. The van der Waals surface area contributed by atoms with Crippen molar-refractivity contribution in [3.8, 4) is 0 Å². The molecule has 4 bridgehead atoms. The summed E-state index contributed by atoms with van der Waals surface area (Å²) in [5.41, 5.74) is 4.29. The highest BCUT2D eigenvalue weighted by Gasteiger charge is 2.66. The fourth-order valence-corrected chi connectivity index (χ4v) is 8.11. The Morgan fingerprint density at radius 2 is 1.80 bits per heavy atom. The molecule has 5 N–H and O–H groups in total. The molecule has 242 valence electrons. The van der Waals surface area contributed by atoms with Crippen molar-refractivity contribution in [3.63, 3.8) is 0 Å². The number of aryl methyl sites for hydroxylation is 1. The molecule has 0 aliphatic carbocycles. The van der Waals surface area contributed by atoms with E-state index in [9.17, 15) is 23.9 Å². The molecular formula is C22H24BN9O12P2. The van der Waals surface area contributed by atoms with Gasteiger partial charge in [-0.15, -0.1) is 0 Å². The quantitative estimate of drug-likeness (QED) is 0.146. The van der Waals surface area contributed by atoms with E-state index < -0.39 is 82.6 Å². The van der Waals surface area contributed by atoms with Crippen molar-refractivity contribution in [2.24, 2.45) is 0 Å². The van der Waals surface area contributed by atoms with Gasteiger partial charge in [0.1, 0.15) is 53.8 Å². The Hall–Kier alpha value is -3.14. The van der Waals surface area contributed by atoms with Crippen LogP contribution in [-0.2, 0) is 41.4 Å². The lowest BCUT2D eigenvalue weighted by Crippen LogP contribution is -2.46. The monoisotopic (exact) mass is 679 g/mol. The maximum absolute atomic E-state index is 13.6. The van der Waals surface area contributed by atoms with Crippen LogP contribution >= 0.6 is 15.3 Å². The highest BCUT2D eigenvalue weighted by molar-refractivity contribution is 7.79. The maximum Gasteiger partial charge on any atom is 0.472 e. The maximum atomic E-state index is 13.6. The van der Waals surface area contributed by atoms with E-state index in [4.69, 9.17) is 45.6 Å². The molecule has 4 aliphatic heterocycles. The van der Waals surface area contributed by atoms with Crippen LogP contribution < -0.4 is 11.3 Å². The SMILES string of the molecule is [B][P@@]1(=O)OCC23COC(C(n4cnc5c(N)ncnc54)O2)C3OP(=O)(O)OCC2OC(n3cnc4c(=O)[nH]c(C)nc43)C(O1)C2O. The summed E-state index contributed by atoms with van der Waals surface area (Å²) in [4.78, 5) is 46.5. The van der Waals surface area contributed by atoms with Crippen LogP contribution in [0.4, 0.5) is 5.82 Å². The molecule has 8 heterocycles.